The molecule has 0 unspecified atom stereocenters. The Bertz CT molecular complexity index is 1290. The molecule has 0 aromatic heterocycles. The Balaban J connectivity index is 1.67. The third kappa shape index (κ3) is 7.21. The van der Waals surface area contributed by atoms with Gasteiger partial charge in [-0.25, -0.2) is 0 Å². The number of benzene rings is 4. The molecule has 0 saturated carbocycles. The molecular formula is C31H29ClN2O3. The van der Waals surface area contributed by atoms with Crippen LogP contribution in [0.5, 0.6) is 5.75 Å². The molecule has 188 valence electrons. The van der Waals surface area contributed by atoms with Gasteiger partial charge >= 0.3 is 0 Å². The summed E-state index contributed by atoms with van der Waals surface area (Å²) < 4.78 is 5.28. The van der Waals surface area contributed by atoms with Crippen molar-refractivity contribution >= 4 is 23.4 Å². The fourth-order valence-electron chi connectivity index (χ4n) is 4.12. The van der Waals surface area contributed by atoms with E-state index in [1.807, 2.05) is 97.1 Å². The van der Waals surface area contributed by atoms with Crippen LogP contribution in [-0.2, 0) is 29.1 Å². The summed E-state index contributed by atoms with van der Waals surface area (Å²) in [5, 5.41) is 3.64. The van der Waals surface area contributed by atoms with Crippen LogP contribution in [0.3, 0.4) is 0 Å². The minimum Gasteiger partial charge on any atom is -0.497 e. The van der Waals surface area contributed by atoms with Crippen molar-refractivity contribution in [2.45, 2.75) is 25.6 Å². The number of nitrogens with zero attached hydrogens (tertiary/aromatic N) is 1. The summed E-state index contributed by atoms with van der Waals surface area (Å²) in [7, 11) is 1.61. The minimum absolute atomic E-state index is 0.141. The Kier molecular flexibility index (Phi) is 8.95. The summed E-state index contributed by atoms with van der Waals surface area (Å²) in [5.74, 6) is 0.317. The highest BCUT2D eigenvalue weighted by molar-refractivity contribution is 6.30. The van der Waals surface area contributed by atoms with E-state index < -0.39 is 6.04 Å². The molecule has 0 heterocycles. The second-order valence-corrected chi connectivity index (χ2v) is 9.13. The van der Waals surface area contributed by atoms with Crippen molar-refractivity contribution in [3.05, 3.63) is 136 Å². The van der Waals surface area contributed by atoms with Gasteiger partial charge in [-0.15, -0.1) is 0 Å². The molecular weight excluding hydrogens is 484 g/mol. The summed E-state index contributed by atoms with van der Waals surface area (Å²) in [6, 6.07) is 33.0. The van der Waals surface area contributed by atoms with Crippen molar-refractivity contribution < 1.29 is 14.3 Å². The van der Waals surface area contributed by atoms with Crippen LogP contribution in [0.15, 0.2) is 109 Å². The van der Waals surface area contributed by atoms with E-state index in [0.717, 1.165) is 28.0 Å². The Morgan fingerprint density at radius 1 is 0.784 bits per heavy atom. The lowest BCUT2D eigenvalue weighted by Gasteiger charge is -2.32. The summed E-state index contributed by atoms with van der Waals surface area (Å²) in [6.07, 6.45) is 0.141. The first kappa shape index (κ1) is 26.0. The van der Waals surface area contributed by atoms with E-state index in [9.17, 15) is 9.59 Å². The molecule has 0 bridgehead atoms. The lowest BCUT2D eigenvalue weighted by Crippen LogP contribution is -2.43. The quantitative estimate of drug-likeness (QED) is 0.284. The Morgan fingerprint density at radius 2 is 1.38 bits per heavy atom. The monoisotopic (exact) mass is 512 g/mol. The van der Waals surface area contributed by atoms with E-state index in [2.05, 4.69) is 5.32 Å². The number of methoxy groups -OCH3 is 1. The van der Waals surface area contributed by atoms with Gasteiger partial charge in [-0.05, 0) is 46.5 Å². The fraction of sp³-hybridized carbons (Fsp3) is 0.161. The van der Waals surface area contributed by atoms with Crippen molar-refractivity contribution in [3.63, 3.8) is 0 Å². The average molecular weight is 513 g/mol. The van der Waals surface area contributed by atoms with Gasteiger partial charge in [0.2, 0.25) is 11.8 Å². The summed E-state index contributed by atoms with van der Waals surface area (Å²) >= 11 is 6.04. The van der Waals surface area contributed by atoms with Gasteiger partial charge in [0.25, 0.3) is 0 Å². The normalized spacial score (nSPS) is 11.4. The fourth-order valence-corrected chi connectivity index (χ4v) is 4.25. The maximum Gasteiger partial charge on any atom is 0.247 e. The third-order valence-electron chi connectivity index (χ3n) is 6.09. The summed E-state index contributed by atoms with van der Waals surface area (Å²) in [6.45, 7) is 0.624. The Morgan fingerprint density at radius 3 is 2.00 bits per heavy atom. The van der Waals surface area contributed by atoms with Gasteiger partial charge in [0.05, 0.1) is 13.5 Å². The van der Waals surface area contributed by atoms with Gasteiger partial charge in [0.15, 0.2) is 0 Å². The van der Waals surface area contributed by atoms with E-state index in [-0.39, 0.29) is 24.8 Å². The summed E-state index contributed by atoms with van der Waals surface area (Å²) in [4.78, 5) is 29.2. The van der Waals surface area contributed by atoms with Crippen molar-refractivity contribution in [3.8, 4) is 5.75 Å². The van der Waals surface area contributed by atoms with Crippen molar-refractivity contribution in [2.24, 2.45) is 0 Å². The molecule has 6 heteroatoms. The molecule has 1 atom stereocenters. The molecule has 0 spiro atoms. The number of hydrogen-bond acceptors (Lipinski definition) is 3. The predicted octanol–water partition coefficient (Wildman–Crippen LogP) is 5.98. The number of ether oxygens (including phenoxy) is 1. The molecule has 0 aliphatic rings. The number of amides is 2. The van der Waals surface area contributed by atoms with Crippen molar-refractivity contribution in [1.29, 1.82) is 0 Å². The molecule has 4 aromatic rings. The average Bonchev–Trinajstić information content (AvgIpc) is 2.94. The number of rotatable bonds is 10. The molecule has 37 heavy (non-hydrogen) atoms. The first-order valence-corrected chi connectivity index (χ1v) is 12.4. The maximum atomic E-state index is 13.8. The second kappa shape index (κ2) is 12.7. The molecule has 4 aromatic carbocycles. The molecule has 5 nitrogen and oxygen atoms in total. The van der Waals surface area contributed by atoms with Crippen LogP contribution in [0.1, 0.15) is 28.3 Å². The maximum absolute atomic E-state index is 13.8. The van der Waals surface area contributed by atoms with Crippen LogP contribution < -0.4 is 10.1 Å². The van der Waals surface area contributed by atoms with Crippen LogP contribution in [0, 0.1) is 0 Å². The lowest BCUT2D eigenvalue weighted by atomic mass is 10.0. The van der Waals surface area contributed by atoms with E-state index >= 15 is 0 Å². The second-order valence-electron chi connectivity index (χ2n) is 8.69. The zero-order chi connectivity index (χ0) is 26.0. The molecule has 0 saturated heterocycles. The SMILES string of the molecule is COc1ccc(CN(C(=O)Cc2ccc(Cl)cc2)[C@H](C(=O)NCc2ccccc2)c2ccccc2)cc1. The molecule has 0 aliphatic heterocycles. The van der Waals surface area contributed by atoms with Crippen LogP contribution >= 0.6 is 11.6 Å². The van der Waals surface area contributed by atoms with Crippen LogP contribution in [0.4, 0.5) is 0 Å². The van der Waals surface area contributed by atoms with E-state index in [1.54, 1.807) is 24.1 Å². The highest BCUT2D eigenvalue weighted by Crippen LogP contribution is 2.26. The lowest BCUT2D eigenvalue weighted by molar-refractivity contribution is -0.141. The van der Waals surface area contributed by atoms with Crippen molar-refractivity contribution in [1.82, 2.24) is 10.2 Å². The predicted molar refractivity (Wildman–Crippen MR) is 146 cm³/mol. The van der Waals surface area contributed by atoms with Crippen molar-refractivity contribution in [2.75, 3.05) is 7.11 Å². The van der Waals surface area contributed by atoms with Gasteiger partial charge in [-0.2, -0.15) is 0 Å². The molecule has 0 radical (unpaired) electrons. The topological polar surface area (TPSA) is 58.6 Å². The summed E-state index contributed by atoms with van der Waals surface area (Å²) in [5.41, 5.74) is 3.44. The number of carbonyl (C=O) groups excluding carboxylic acids is 2. The van der Waals surface area contributed by atoms with Gasteiger partial charge in [0.1, 0.15) is 11.8 Å². The third-order valence-corrected chi connectivity index (χ3v) is 6.34. The number of hydrogen-bond donors (Lipinski definition) is 1. The van der Waals surface area contributed by atoms with Gasteiger partial charge in [0, 0.05) is 18.1 Å². The van der Waals surface area contributed by atoms with Crippen LogP contribution in [0.25, 0.3) is 0 Å². The van der Waals surface area contributed by atoms with E-state index in [1.165, 1.54) is 0 Å². The molecule has 0 fully saturated rings. The minimum atomic E-state index is -0.813. The molecule has 0 aliphatic carbocycles. The standard InChI is InChI=1S/C31H29ClN2O3/c1-37-28-18-14-25(15-19-28)22-34(29(35)20-23-12-16-27(32)17-13-23)30(26-10-6-3-7-11-26)31(36)33-21-24-8-4-2-5-9-24/h2-19,30H,20-22H2,1H3,(H,33,36)/t30-/m0/s1. The number of halogens is 1. The first-order chi connectivity index (χ1) is 18.0. The van der Waals surface area contributed by atoms with E-state index in [0.29, 0.717) is 11.6 Å². The number of nitrogens with one attached hydrogen (secondary N) is 1. The molecule has 1 N–H and O–H groups in total. The molecule has 2 amide bonds. The Hall–Kier alpha value is -4.09. The number of carbonyl (C=O) groups is 2. The largest absolute Gasteiger partial charge is 0.497 e. The highest BCUT2D eigenvalue weighted by atomic mass is 35.5. The van der Waals surface area contributed by atoms with Gasteiger partial charge in [-0.3, -0.25) is 9.59 Å². The zero-order valence-electron chi connectivity index (χ0n) is 20.6. The Labute approximate surface area is 222 Å². The van der Waals surface area contributed by atoms with E-state index in [4.69, 9.17) is 16.3 Å². The first-order valence-electron chi connectivity index (χ1n) is 12.1. The smallest absolute Gasteiger partial charge is 0.247 e. The van der Waals surface area contributed by atoms with Gasteiger partial charge in [-0.1, -0.05) is 96.5 Å². The van der Waals surface area contributed by atoms with Gasteiger partial charge < -0.3 is 15.0 Å². The van der Waals surface area contributed by atoms with Crippen LogP contribution in [-0.4, -0.2) is 23.8 Å². The van der Waals surface area contributed by atoms with Crippen LogP contribution in [0.2, 0.25) is 5.02 Å². The molecule has 4 rings (SSSR count). The highest BCUT2D eigenvalue weighted by Gasteiger charge is 2.31. The zero-order valence-corrected chi connectivity index (χ0v) is 21.4.